The predicted molar refractivity (Wildman–Crippen MR) is 95.7 cm³/mol. The quantitative estimate of drug-likeness (QED) is 0.918. The molecule has 2 aliphatic heterocycles. The summed E-state index contributed by atoms with van der Waals surface area (Å²) >= 11 is 0. The summed E-state index contributed by atoms with van der Waals surface area (Å²) in [5.74, 6) is 3.59. The molecule has 0 spiro atoms. The van der Waals surface area contributed by atoms with Gasteiger partial charge >= 0.3 is 0 Å². The third-order valence-electron chi connectivity index (χ3n) is 5.89. The second-order valence-electron chi connectivity index (χ2n) is 7.62. The number of aromatic nitrogens is 2. The second-order valence-corrected chi connectivity index (χ2v) is 7.62. The summed E-state index contributed by atoms with van der Waals surface area (Å²) in [6.07, 6.45) is 8.51. The molecule has 5 heteroatoms. The Bertz CT molecular complexity index is 571. The molecule has 1 aromatic heterocycles. The summed E-state index contributed by atoms with van der Waals surface area (Å²) in [5.41, 5.74) is 2.71. The highest BCUT2D eigenvalue weighted by Crippen LogP contribution is 2.35. The van der Waals surface area contributed by atoms with E-state index in [1.165, 1.54) is 49.2 Å². The van der Waals surface area contributed by atoms with Crippen molar-refractivity contribution in [1.82, 2.24) is 15.3 Å². The van der Waals surface area contributed by atoms with Gasteiger partial charge in [-0.3, -0.25) is 0 Å². The van der Waals surface area contributed by atoms with Crippen molar-refractivity contribution in [3.05, 3.63) is 17.1 Å². The summed E-state index contributed by atoms with van der Waals surface area (Å²) in [6.45, 7) is 5.13. The largest absolute Gasteiger partial charge is 0.384 e. The fourth-order valence-corrected chi connectivity index (χ4v) is 4.57. The molecule has 132 valence electrons. The van der Waals surface area contributed by atoms with Gasteiger partial charge in [-0.25, -0.2) is 9.97 Å². The Kier molecular flexibility index (Phi) is 4.99. The van der Waals surface area contributed by atoms with Gasteiger partial charge in [0.2, 0.25) is 0 Å². The van der Waals surface area contributed by atoms with Crippen molar-refractivity contribution < 1.29 is 4.74 Å². The second kappa shape index (κ2) is 7.36. The highest BCUT2D eigenvalue weighted by molar-refractivity contribution is 5.51. The van der Waals surface area contributed by atoms with Gasteiger partial charge in [-0.15, -0.1) is 0 Å². The minimum Gasteiger partial charge on any atom is -0.384 e. The number of ether oxygens (including phenoxy) is 1. The lowest BCUT2D eigenvalue weighted by atomic mass is 10.0. The van der Waals surface area contributed by atoms with Gasteiger partial charge in [0.25, 0.3) is 0 Å². The van der Waals surface area contributed by atoms with Crippen molar-refractivity contribution in [2.24, 2.45) is 5.92 Å². The SMILES string of the molecule is COC[C@H]1CCN(c2nc(C3CCCC3)nc3c2CCNCC3)C1. The first-order valence-corrected chi connectivity index (χ1v) is 9.69. The summed E-state index contributed by atoms with van der Waals surface area (Å²) in [6, 6.07) is 0. The number of hydrogen-bond acceptors (Lipinski definition) is 5. The average Bonchev–Trinajstić information content (AvgIpc) is 3.22. The first kappa shape index (κ1) is 16.3. The number of methoxy groups -OCH3 is 1. The maximum Gasteiger partial charge on any atom is 0.135 e. The molecule has 1 saturated heterocycles. The first-order valence-electron chi connectivity index (χ1n) is 9.69. The standard InChI is InChI=1S/C19H30N4O/c1-24-13-14-8-11-23(12-14)19-16-6-9-20-10-7-17(16)21-18(22-19)15-4-2-3-5-15/h14-15,20H,2-13H2,1H3/t14-/m0/s1. The molecule has 1 aromatic rings. The number of rotatable bonds is 4. The number of hydrogen-bond donors (Lipinski definition) is 1. The molecule has 24 heavy (non-hydrogen) atoms. The summed E-state index contributed by atoms with van der Waals surface area (Å²) in [7, 11) is 1.81. The molecule has 0 aromatic carbocycles. The topological polar surface area (TPSA) is 50.3 Å². The zero-order valence-electron chi connectivity index (χ0n) is 14.9. The minimum absolute atomic E-state index is 0.586. The van der Waals surface area contributed by atoms with Crippen LogP contribution in [0, 0.1) is 5.92 Å². The molecule has 1 atom stereocenters. The molecule has 5 nitrogen and oxygen atoms in total. The molecule has 3 aliphatic rings. The maximum atomic E-state index is 5.38. The summed E-state index contributed by atoms with van der Waals surface area (Å²) in [5, 5.41) is 3.52. The van der Waals surface area contributed by atoms with Crippen LogP contribution in [0.25, 0.3) is 0 Å². The van der Waals surface area contributed by atoms with Crippen LogP contribution in [-0.2, 0) is 17.6 Å². The Balaban J connectivity index is 1.66. The van der Waals surface area contributed by atoms with Crippen LogP contribution in [0.3, 0.4) is 0 Å². The number of fused-ring (bicyclic) bond motifs is 1. The molecule has 4 rings (SSSR count). The molecular formula is C19H30N4O. The van der Waals surface area contributed by atoms with Crippen LogP contribution < -0.4 is 10.2 Å². The number of anilines is 1. The molecule has 0 bridgehead atoms. The van der Waals surface area contributed by atoms with Gasteiger partial charge in [0, 0.05) is 50.6 Å². The predicted octanol–water partition coefficient (Wildman–Crippen LogP) is 2.30. The third-order valence-corrected chi connectivity index (χ3v) is 5.89. The van der Waals surface area contributed by atoms with E-state index in [0.29, 0.717) is 11.8 Å². The smallest absolute Gasteiger partial charge is 0.135 e. The van der Waals surface area contributed by atoms with E-state index in [-0.39, 0.29) is 0 Å². The molecule has 2 fully saturated rings. The van der Waals surface area contributed by atoms with E-state index < -0.39 is 0 Å². The van der Waals surface area contributed by atoms with Gasteiger partial charge in [-0.1, -0.05) is 12.8 Å². The van der Waals surface area contributed by atoms with Crippen LogP contribution in [0.4, 0.5) is 5.82 Å². The van der Waals surface area contributed by atoms with Crippen LogP contribution in [0.1, 0.15) is 55.1 Å². The van der Waals surface area contributed by atoms with Crippen molar-refractivity contribution in [3.8, 4) is 0 Å². The van der Waals surface area contributed by atoms with Crippen molar-refractivity contribution in [1.29, 1.82) is 0 Å². The molecular weight excluding hydrogens is 300 g/mol. The van der Waals surface area contributed by atoms with E-state index in [9.17, 15) is 0 Å². The minimum atomic E-state index is 0.586. The van der Waals surface area contributed by atoms with Crippen LogP contribution in [0.15, 0.2) is 0 Å². The van der Waals surface area contributed by atoms with E-state index in [4.69, 9.17) is 14.7 Å². The van der Waals surface area contributed by atoms with Crippen LogP contribution in [-0.4, -0.2) is 49.9 Å². The lowest BCUT2D eigenvalue weighted by Gasteiger charge is -2.24. The van der Waals surface area contributed by atoms with Gasteiger partial charge in [0.1, 0.15) is 11.6 Å². The van der Waals surface area contributed by atoms with Gasteiger partial charge in [0.05, 0.1) is 12.3 Å². The Labute approximate surface area is 145 Å². The Morgan fingerprint density at radius 1 is 1.12 bits per heavy atom. The molecule has 1 saturated carbocycles. The molecule has 3 heterocycles. The molecule has 1 aliphatic carbocycles. The summed E-state index contributed by atoms with van der Waals surface area (Å²) in [4.78, 5) is 12.7. The molecule has 0 unspecified atom stereocenters. The summed E-state index contributed by atoms with van der Waals surface area (Å²) < 4.78 is 5.38. The molecule has 0 amide bonds. The monoisotopic (exact) mass is 330 g/mol. The van der Waals surface area contributed by atoms with E-state index in [2.05, 4.69) is 10.2 Å². The van der Waals surface area contributed by atoms with Gasteiger partial charge in [-0.2, -0.15) is 0 Å². The third kappa shape index (κ3) is 3.29. The lowest BCUT2D eigenvalue weighted by Crippen LogP contribution is -2.25. The van der Waals surface area contributed by atoms with Crippen LogP contribution in [0.5, 0.6) is 0 Å². The fourth-order valence-electron chi connectivity index (χ4n) is 4.57. The molecule has 0 radical (unpaired) electrons. The highest BCUT2D eigenvalue weighted by Gasteiger charge is 2.29. The first-order chi connectivity index (χ1) is 11.8. The normalized spacial score (nSPS) is 25.0. The van der Waals surface area contributed by atoms with Gasteiger partial charge in [-0.05, 0) is 32.2 Å². The lowest BCUT2D eigenvalue weighted by molar-refractivity contribution is 0.161. The van der Waals surface area contributed by atoms with E-state index in [1.54, 1.807) is 0 Å². The van der Waals surface area contributed by atoms with Crippen LogP contribution in [0.2, 0.25) is 0 Å². The molecule has 1 N–H and O–H groups in total. The zero-order valence-corrected chi connectivity index (χ0v) is 14.9. The average molecular weight is 330 g/mol. The fraction of sp³-hybridized carbons (Fsp3) is 0.789. The van der Waals surface area contributed by atoms with E-state index in [1.807, 2.05) is 7.11 Å². The Morgan fingerprint density at radius 3 is 2.79 bits per heavy atom. The van der Waals surface area contributed by atoms with Gasteiger partial charge < -0.3 is 15.0 Å². The maximum absolute atomic E-state index is 5.38. The highest BCUT2D eigenvalue weighted by atomic mass is 16.5. The number of nitrogens with one attached hydrogen (secondary N) is 1. The van der Waals surface area contributed by atoms with Crippen molar-refractivity contribution in [2.45, 2.75) is 50.9 Å². The van der Waals surface area contributed by atoms with Crippen molar-refractivity contribution in [2.75, 3.05) is 44.8 Å². The number of nitrogens with zero attached hydrogens (tertiary/aromatic N) is 3. The van der Waals surface area contributed by atoms with Gasteiger partial charge in [0.15, 0.2) is 0 Å². The Morgan fingerprint density at radius 2 is 1.96 bits per heavy atom. The van der Waals surface area contributed by atoms with Crippen molar-refractivity contribution >= 4 is 5.82 Å². The zero-order chi connectivity index (χ0) is 16.4. The van der Waals surface area contributed by atoms with Crippen molar-refractivity contribution in [3.63, 3.8) is 0 Å². The van der Waals surface area contributed by atoms with E-state index >= 15 is 0 Å². The van der Waals surface area contributed by atoms with E-state index in [0.717, 1.165) is 51.5 Å². The Hall–Kier alpha value is -1.20. The van der Waals surface area contributed by atoms with Crippen LogP contribution >= 0.6 is 0 Å².